The summed E-state index contributed by atoms with van der Waals surface area (Å²) in [5.74, 6) is -0.507. The summed E-state index contributed by atoms with van der Waals surface area (Å²) in [7, 11) is 1.33. The van der Waals surface area contributed by atoms with E-state index in [0.717, 1.165) is 36.8 Å². The first kappa shape index (κ1) is 14.3. The molecule has 23 heavy (non-hydrogen) atoms. The molecule has 0 unspecified atom stereocenters. The first-order chi connectivity index (χ1) is 11.0. The van der Waals surface area contributed by atoms with Gasteiger partial charge in [-0.3, -0.25) is 9.59 Å². The van der Waals surface area contributed by atoms with Crippen molar-refractivity contribution >= 4 is 11.9 Å². The summed E-state index contributed by atoms with van der Waals surface area (Å²) < 4.78 is 4.70. The lowest BCUT2D eigenvalue weighted by atomic mass is 9.83. The van der Waals surface area contributed by atoms with Crippen LogP contribution in [-0.2, 0) is 20.4 Å². The second-order valence-electron chi connectivity index (χ2n) is 6.97. The average Bonchev–Trinajstić information content (AvgIpc) is 3.48. The summed E-state index contributed by atoms with van der Waals surface area (Å²) in [5, 5.41) is 9.40. The van der Waals surface area contributed by atoms with Crippen LogP contribution in [0.4, 0.5) is 0 Å². The van der Waals surface area contributed by atoms with E-state index in [0.29, 0.717) is 12.1 Å². The Kier molecular flexibility index (Phi) is 2.84. The fraction of sp³-hybridized carbons (Fsp3) is 0.500. The molecule has 2 saturated carbocycles. The van der Waals surface area contributed by atoms with Gasteiger partial charge < -0.3 is 9.64 Å². The summed E-state index contributed by atoms with van der Waals surface area (Å²) in [5.41, 5.74) is 2.42. The first-order valence-electron chi connectivity index (χ1n) is 7.96. The van der Waals surface area contributed by atoms with Gasteiger partial charge in [-0.2, -0.15) is 5.26 Å². The van der Waals surface area contributed by atoms with Crippen LogP contribution in [0.5, 0.6) is 0 Å². The Hall–Kier alpha value is -2.35. The Bertz CT molecular complexity index is 754. The molecule has 4 rings (SSSR count). The van der Waals surface area contributed by atoms with E-state index in [4.69, 9.17) is 4.74 Å². The largest absolute Gasteiger partial charge is 0.468 e. The Labute approximate surface area is 134 Å². The Balaban J connectivity index is 1.72. The van der Waals surface area contributed by atoms with Gasteiger partial charge in [0, 0.05) is 17.5 Å². The molecule has 0 atom stereocenters. The number of hydrogen-bond donors (Lipinski definition) is 0. The number of esters is 1. The van der Waals surface area contributed by atoms with Crippen molar-refractivity contribution in [2.24, 2.45) is 0 Å². The maximum absolute atomic E-state index is 12.7. The standard InChI is InChI=1S/C18H18N2O3/c1-23-15(21)9-20-11-18(6-7-18)14-8-12(17(10-19)4-5-17)2-3-13(14)16(20)22/h2-3,8H,4-7,9,11H2,1H3. The Morgan fingerprint density at radius 2 is 2.09 bits per heavy atom. The minimum absolute atomic E-state index is 0.000405. The second kappa shape index (κ2) is 4.58. The molecule has 1 amide bonds. The summed E-state index contributed by atoms with van der Waals surface area (Å²) in [6.07, 6.45) is 3.84. The molecule has 5 nitrogen and oxygen atoms in total. The fourth-order valence-corrected chi connectivity index (χ4v) is 3.68. The average molecular weight is 310 g/mol. The number of rotatable bonds is 3. The highest BCUT2D eigenvalue weighted by atomic mass is 16.5. The fourth-order valence-electron chi connectivity index (χ4n) is 3.68. The predicted molar refractivity (Wildman–Crippen MR) is 81.8 cm³/mol. The van der Waals surface area contributed by atoms with Crippen LogP contribution in [0.15, 0.2) is 18.2 Å². The van der Waals surface area contributed by atoms with E-state index in [9.17, 15) is 14.9 Å². The normalized spacial score (nSPS) is 22.3. The highest BCUT2D eigenvalue weighted by Gasteiger charge is 2.53. The number of ether oxygens (including phenoxy) is 1. The van der Waals surface area contributed by atoms with Crippen molar-refractivity contribution in [3.8, 4) is 6.07 Å². The third-order valence-electron chi connectivity index (χ3n) is 5.52. The molecular formula is C18H18N2O3. The second-order valence-corrected chi connectivity index (χ2v) is 6.97. The van der Waals surface area contributed by atoms with E-state index in [1.54, 1.807) is 4.90 Å². The molecule has 1 spiro atoms. The first-order valence-corrected chi connectivity index (χ1v) is 7.96. The zero-order chi connectivity index (χ0) is 16.2. The summed E-state index contributed by atoms with van der Waals surface area (Å²) >= 11 is 0. The molecular weight excluding hydrogens is 292 g/mol. The smallest absolute Gasteiger partial charge is 0.325 e. The van der Waals surface area contributed by atoms with Gasteiger partial charge in [0.05, 0.1) is 18.6 Å². The van der Waals surface area contributed by atoms with Gasteiger partial charge in [-0.05, 0) is 42.9 Å². The zero-order valence-corrected chi connectivity index (χ0v) is 13.1. The molecule has 0 bridgehead atoms. The van der Waals surface area contributed by atoms with Gasteiger partial charge in [-0.25, -0.2) is 0 Å². The molecule has 2 aliphatic carbocycles. The molecule has 3 aliphatic rings. The number of methoxy groups -OCH3 is 1. The molecule has 1 aromatic rings. The van der Waals surface area contributed by atoms with Crippen molar-refractivity contribution in [3.05, 3.63) is 34.9 Å². The Morgan fingerprint density at radius 1 is 1.35 bits per heavy atom. The minimum Gasteiger partial charge on any atom is -0.468 e. The quantitative estimate of drug-likeness (QED) is 0.800. The number of benzene rings is 1. The highest BCUT2D eigenvalue weighted by molar-refractivity contribution is 5.99. The molecule has 1 aliphatic heterocycles. The lowest BCUT2D eigenvalue weighted by molar-refractivity contribution is -0.141. The van der Waals surface area contributed by atoms with Crippen molar-refractivity contribution in [1.82, 2.24) is 4.90 Å². The predicted octanol–water partition coefficient (Wildman–Crippen LogP) is 1.90. The number of nitrogens with zero attached hydrogens (tertiary/aromatic N) is 2. The lowest BCUT2D eigenvalue weighted by Crippen LogP contribution is -2.46. The van der Waals surface area contributed by atoms with Crippen molar-refractivity contribution in [2.45, 2.75) is 36.5 Å². The monoisotopic (exact) mass is 310 g/mol. The number of fused-ring (bicyclic) bond motifs is 2. The van der Waals surface area contributed by atoms with E-state index in [-0.39, 0.29) is 23.3 Å². The lowest BCUT2D eigenvalue weighted by Gasteiger charge is -2.34. The molecule has 5 heteroatoms. The summed E-state index contributed by atoms with van der Waals surface area (Å²) in [4.78, 5) is 25.8. The van der Waals surface area contributed by atoms with Crippen LogP contribution in [-0.4, -0.2) is 37.0 Å². The summed E-state index contributed by atoms with van der Waals surface area (Å²) in [6, 6.07) is 8.24. The van der Waals surface area contributed by atoms with Gasteiger partial charge in [0.15, 0.2) is 0 Å². The molecule has 0 radical (unpaired) electrons. The van der Waals surface area contributed by atoms with Gasteiger partial charge in [-0.1, -0.05) is 12.1 Å². The third-order valence-corrected chi connectivity index (χ3v) is 5.52. The van der Waals surface area contributed by atoms with Gasteiger partial charge in [0.25, 0.3) is 5.91 Å². The van der Waals surface area contributed by atoms with Gasteiger partial charge >= 0.3 is 5.97 Å². The van der Waals surface area contributed by atoms with Gasteiger partial charge in [0.1, 0.15) is 6.54 Å². The maximum atomic E-state index is 12.7. The van der Waals surface area contributed by atoms with Crippen LogP contribution in [0.1, 0.15) is 47.2 Å². The molecule has 0 N–H and O–H groups in total. The Morgan fingerprint density at radius 3 is 2.65 bits per heavy atom. The number of hydrogen-bond acceptors (Lipinski definition) is 4. The van der Waals surface area contributed by atoms with E-state index >= 15 is 0 Å². The molecule has 2 fully saturated rings. The minimum atomic E-state index is -0.393. The highest BCUT2D eigenvalue weighted by Crippen LogP contribution is 2.55. The zero-order valence-electron chi connectivity index (χ0n) is 13.1. The van der Waals surface area contributed by atoms with Crippen molar-refractivity contribution in [2.75, 3.05) is 20.2 Å². The van der Waals surface area contributed by atoms with Crippen molar-refractivity contribution < 1.29 is 14.3 Å². The molecule has 1 aromatic carbocycles. The van der Waals surface area contributed by atoms with Crippen LogP contribution in [0, 0.1) is 11.3 Å². The molecule has 1 heterocycles. The van der Waals surface area contributed by atoms with Gasteiger partial charge in [-0.15, -0.1) is 0 Å². The topological polar surface area (TPSA) is 70.4 Å². The number of carbonyl (C=O) groups excluding carboxylic acids is 2. The van der Waals surface area contributed by atoms with Crippen LogP contribution in [0.25, 0.3) is 0 Å². The van der Waals surface area contributed by atoms with Crippen molar-refractivity contribution in [1.29, 1.82) is 5.26 Å². The van der Waals surface area contributed by atoms with E-state index in [1.807, 2.05) is 12.1 Å². The molecule has 118 valence electrons. The van der Waals surface area contributed by atoms with E-state index in [2.05, 4.69) is 12.1 Å². The number of amides is 1. The number of carbonyl (C=O) groups is 2. The van der Waals surface area contributed by atoms with Crippen LogP contribution in [0.3, 0.4) is 0 Å². The molecule has 0 aromatic heterocycles. The molecule has 0 saturated heterocycles. The van der Waals surface area contributed by atoms with Crippen LogP contribution >= 0.6 is 0 Å². The van der Waals surface area contributed by atoms with Crippen LogP contribution < -0.4 is 0 Å². The van der Waals surface area contributed by atoms with Crippen LogP contribution in [0.2, 0.25) is 0 Å². The summed E-state index contributed by atoms with van der Waals surface area (Å²) in [6.45, 7) is 0.567. The van der Waals surface area contributed by atoms with E-state index < -0.39 is 5.97 Å². The number of nitriles is 1. The van der Waals surface area contributed by atoms with Crippen molar-refractivity contribution in [3.63, 3.8) is 0 Å². The van der Waals surface area contributed by atoms with E-state index in [1.165, 1.54) is 7.11 Å². The maximum Gasteiger partial charge on any atom is 0.325 e. The SMILES string of the molecule is COC(=O)CN1CC2(CC2)c2cc(C3(C#N)CC3)ccc2C1=O. The third kappa shape index (κ3) is 2.05. The van der Waals surface area contributed by atoms with Gasteiger partial charge in [0.2, 0.25) is 0 Å².